The Balaban J connectivity index is 1.83. The molecule has 5 heteroatoms. The molecule has 2 N–H and O–H groups in total. The molecule has 0 aromatic heterocycles. The van der Waals surface area contributed by atoms with E-state index in [9.17, 15) is 9.59 Å². The summed E-state index contributed by atoms with van der Waals surface area (Å²) in [6, 6.07) is 15.9. The van der Waals surface area contributed by atoms with Gasteiger partial charge in [-0.15, -0.1) is 0 Å². The van der Waals surface area contributed by atoms with E-state index in [1.807, 2.05) is 24.3 Å². The first-order chi connectivity index (χ1) is 10.7. The van der Waals surface area contributed by atoms with Crippen molar-refractivity contribution in [3.8, 4) is 6.07 Å². The van der Waals surface area contributed by atoms with Crippen molar-refractivity contribution >= 4 is 23.2 Å². The van der Waals surface area contributed by atoms with Crippen molar-refractivity contribution in [2.45, 2.75) is 12.3 Å². The Morgan fingerprint density at radius 3 is 2.64 bits per heavy atom. The number of carbonyl (C=O) groups is 2. The monoisotopic (exact) mass is 291 g/mol. The zero-order valence-corrected chi connectivity index (χ0v) is 11.7. The summed E-state index contributed by atoms with van der Waals surface area (Å²) in [6.45, 7) is 0. The molecule has 1 atom stereocenters. The van der Waals surface area contributed by atoms with Crippen molar-refractivity contribution in [3.63, 3.8) is 0 Å². The summed E-state index contributed by atoms with van der Waals surface area (Å²) in [5.41, 5.74) is 2.62. The van der Waals surface area contributed by atoms with Crippen LogP contribution < -0.4 is 10.6 Å². The van der Waals surface area contributed by atoms with Crippen LogP contribution in [0, 0.1) is 11.3 Å². The number of rotatable bonds is 2. The standard InChI is InChI=1S/C17H13N3O2/c18-10-11-5-7-12(8-6-11)19-17(22)14-9-16(21)20-15-4-2-1-3-13(14)15/h1-8,14H,9H2,(H,19,22)(H,20,21)/t14-/m1/s1. The summed E-state index contributed by atoms with van der Waals surface area (Å²) in [4.78, 5) is 24.2. The zero-order chi connectivity index (χ0) is 15.5. The quantitative estimate of drug-likeness (QED) is 0.892. The Morgan fingerprint density at radius 2 is 1.91 bits per heavy atom. The number of anilines is 2. The first-order valence-electron chi connectivity index (χ1n) is 6.87. The second-order valence-electron chi connectivity index (χ2n) is 5.07. The third-order valence-corrected chi connectivity index (χ3v) is 3.60. The minimum atomic E-state index is -0.513. The largest absolute Gasteiger partial charge is 0.326 e. The smallest absolute Gasteiger partial charge is 0.232 e. The lowest BCUT2D eigenvalue weighted by Gasteiger charge is -2.24. The number of amides is 2. The molecule has 2 aromatic carbocycles. The fraction of sp³-hybridized carbons (Fsp3) is 0.118. The maximum atomic E-state index is 12.5. The fourth-order valence-corrected chi connectivity index (χ4v) is 2.50. The number of nitrogens with zero attached hydrogens (tertiary/aromatic N) is 1. The maximum Gasteiger partial charge on any atom is 0.232 e. The third-order valence-electron chi connectivity index (χ3n) is 3.60. The van der Waals surface area contributed by atoms with Crippen molar-refractivity contribution in [3.05, 3.63) is 59.7 Å². The Labute approximate surface area is 127 Å². The Morgan fingerprint density at radius 1 is 1.18 bits per heavy atom. The highest BCUT2D eigenvalue weighted by atomic mass is 16.2. The highest BCUT2D eigenvalue weighted by Crippen LogP contribution is 2.32. The van der Waals surface area contributed by atoms with Gasteiger partial charge in [-0.25, -0.2) is 0 Å². The molecule has 2 aromatic rings. The zero-order valence-electron chi connectivity index (χ0n) is 11.7. The van der Waals surface area contributed by atoms with Crippen LogP contribution in [0.3, 0.4) is 0 Å². The third kappa shape index (κ3) is 2.67. The number of carbonyl (C=O) groups excluding carboxylic acids is 2. The number of benzene rings is 2. The molecule has 22 heavy (non-hydrogen) atoms. The first-order valence-corrected chi connectivity index (χ1v) is 6.87. The van der Waals surface area contributed by atoms with E-state index in [0.717, 1.165) is 5.56 Å². The van der Waals surface area contributed by atoms with Gasteiger partial charge in [0.05, 0.1) is 17.6 Å². The van der Waals surface area contributed by atoms with Gasteiger partial charge in [-0.05, 0) is 35.9 Å². The molecule has 0 aliphatic carbocycles. The molecule has 3 rings (SSSR count). The lowest BCUT2D eigenvalue weighted by Crippen LogP contribution is -2.30. The van der Waals surface area contributed by atoms with Crippen LogP contribution in [0.1, 0.15) is 23.5 Å². The van der Waals surface area contributed by atoms with Gasteiger partial charge in [-0.3, -0.25) is 9.59 Å². The Hall–Kier alpha value is -3.13. The molecular formula is C17H13N3O2. The van der Waals surface area contributed by atoms with Gasteiger partial charge >= 0.3 is 0 Å². The molecule has 1 aliphatic heterocycles. The van der Waals surface area contributed by atoms with Crippen LogP contribution in [0.25, 0.3) is 0 Å². The molecule has 5 nitrogen and oxygen atoms in total. The van der Waals surface area contributed by atoms with Gasteiger partial charge in [0, 0.05) is 17.8 Å². The number of fused-ring (bicyclic) bond motifs is 1. The number of nitrogens with one attached hydrogen (secondary N) is 2. The lowest BCUT2D eigenvalue weighted by atomic mass is 9.90. The second kappa shape index (κ2) is 5.70. The van der Waals surface area contributed by atoms with Gasteiger partial charge in [-0.1, -0.05) is 18.2 Å². The maximum absolute atomic E-state index is 12.5. The summed E-state index contributed by atoms with van der Waals surface area (Å²) >= 11 is 0. The van der Waals surface area contributed by atoms with Gasteiger partial charge in [0.25, 0.3) is 0 Å². The van der Waals surface area contributed by atoms with Crippen LogP contribution in [0.15, 0.2) is 48.5 Å². The van der Waals surface area contributed by atoms with E-state index in [1.165, 1.54) is 0 Å². The highest BCUT2D eigenvalue weighted by Gasteiger charge is 2.30. The summed E-state index contributed by atoms with van der Waals surface area (Å²) in [5, 5.41) is 14.3. The van der Waals surface area contributed by atoms with E-state index in [0.29, 0.717) is 16.9 Å². The molecule has 0 radical (unpaired) electrons. The van der Waals surface area contributed by atoms with E-state index in [1.54, 1.807) is 30.3 Å². The van der Waals surface area contributed by atoms with Crippen LogP contribution in [0.4, 0.5) is 11.4 Å². The van der Waals surface area contributed by atoms with Crippen molar-refractivity contribution < 1.29 is 9.59 Å². The fourth-order valence-electron chi connectivity index (χ4n) is 2.50. The number of para-hydroxylation sites is 1. The normalized spacial score (nSPS) is 16.1. The summed E-state index contributed by atoms with van der Waals surface area (Å²) in [7, 11) is 0. The average Bonchev–Trinajstić information content (AvgIpc) is 2.54. The molecule has 1 heterocycles. The molecular weight excluding hydrogens is 278 g/mol. The SMILES string of the molecule is N#Cc1ccc(NC(=O)[C@@H]2CC(=O)Nc3ccccc32)cc1. The minimum absolute atomic E-state index is 0.124. The van der Waals surface area contributed by atoms with Crippen LogP contribution in [-0.2, 0) is 9.59 Å². The van der Waals surface area contributed by atoms with Gasteiger partial charge in [-0.2, -0.15) is 5.26 Å². The van der Waals surface area contributed by atoms with Crippen molar-refractivity contribution in [2.24, 2.45) is 0 Å². The highest BCUT2D eigenvalue weighted by molar-refractivity contribution is 6.05. The number of nitriles is 1. The van der Waals surface area contributed by atoms with Crippen molar-refractivity contribution in [1.82, 2.24) is 0 Å². The molecule has 108 valence electrons. The molecule has 0 spiro atoms. The lowest BCUT2D eigenvalue weighted by molar-refractivity contribution is -0.123. The summed E-state index contributed by atoms with van der Waals surface area (Å²) in [6.07, 6.45) is 0.124. The topological polar surface area (TPSA) is 82.0 Å². The molecule has 0 unspecified atom stereocenters. The molecule has 0 saturated carbocycles. The van der Waals surface area contributed by atoms with Crippen LogP contribution in [-0.4, -0.2) is 11.8 Å². The van der Waals surface area contributed by atoms with Crippen LogP contribution >= 0.6 is 0 Å². The Kier molecular flexibility index (Phi) is 3.58. The Bertz CT molecular complexity index is 775. The minimum Gasteiger partial charge on any atom is -0.326 e. The molecule has 0 fully saturated rings. The summed E-state index contributed by atoms with van der Waals surface area (Å²) < 4.78 is 0. The summed E-state index contributed by atoms with van der Waals surface area (Å²) in [5.74, 6) is -0.911. The van der Waals surface area contributed by atoms with E-state index < -0.39 is 5.92 Å². The van der Waals surface area contributed by atoms with Gasteiger partial charge < -0.3 is 10.6 Å². The molecule has 0 bridgehead atoms. The predicted molar refractivity (Wildman–Crippen MR) is 82.2 cm³/mol. The molecule has 2 amide bonds. The van der Waals surface area contributed by atoms with Crippen molar-refractivity contribution in [1.29, 1.82) is 5.26 Å². The van der Waals surface area contributed by atoms with Crippen molar-refractivity contribution in [2.75, 3.05) is 10.6 Å². The van der Waals surface area contributed by atoms with E-state index >= 15 is 0 Å². The average molecular weight is 291 g/mol. The predicted octanol–water partition coefficient (Wildman–Crippen LogP) is 2.62. The number of hydrogen-bond acceptors (Lipinski definition) is 3. The van der Waals surface area contributed by atoms with E-state index in [-0.39, 0.29) is 18.2 Å². The van der Waals surface area contributed by atoms with Gasteiger partial charge in [0.2, 0.25) is 11.8 Å². The number of hydrogen-bond donors (Lipinski definition) is 2. The van der Waals surface area contributed by atoms with Crippen LogP contribution in [0.2, 0.25) is 0 Å². The van der Waals surface area contributed by atoms with Crippen LogP contribution in [0.5, 0.6) is 0 Å². The van der Waals surface area contributed by atoms with E-state index in [4.69, 9.17) is 5.26 Å². The molecule has 0 saturated heterocycles. The second-order valence-corrected chi connectivity index (χ2v) is 5.07. The first kappa shape index (κ1) is 13.8. The van der Waals surface area contributed by atoms with E-state index in [2.05, 4.69) is 10.6 Å². The molecule has 1 aliphatic rings. The van der Waals surface area contributed by atoms with Gasteiger partial charge in [0.15, 0.2) is 0 Å². The van der Waals surface area contributed by atoms with Gasteiger partial charge in [0.1, 0.15) is 0 Å².